The Kier molecular flexibility index (Phi) is 5.74. The summed E-state index contributed by atoms with van der Waals surface area (Å²) in [5.74, 6) is -0.965. The van der Waals surface area contributed by atoms with Gasteiger partial charge in [-0.2, -0.15) is 0 Å². The van der Waals surface area contributed by atoms with Gasteiger partial charge in [-0.15, -0.1) is 11.3 Å². The molecule has 5 rings (SSSR count). The number of amides is 1. The van der Waals surface area contributed by atoms with Crippen LogP contribution in [0, 0.1) is 11.6 Å². The van der Waals surface area contributed by atoms with Crippen LogP contribution in [-0.2, 0) is 17.9 Å². The number of halogens is 2. The molecule has 4 aromatic rings. The van der Waals surface area contributed by atoms with Crippen molar-refractivity contribution in [3.8, 4) is 17.0 Å². The fourth-order valence-corrected chi connectivity index (χ4v) is 4.56. The number of thiazole rings is 1. The fourth-order valence-electron chi connectivity index (χ4n) is 3.61. The molecule has 7 nitrogen and oxygen atoms in total. The lowest BCUT2D eigenvalue weighted by Gasteiger charge is -2.19. The Balaban J connectivity index is 1.54. The average molecular weight is 468 g/mol. The van der Waals surface area contributed by atoms with Gasteiger partial charge < -0.3 is 19.2 Å². The van der Waals surface area contributed by atoms with Crippen LogP contribution in [0.2, 0.25) is 0 Å². The van der Waals surface area contributed by atoms with E-state index in [0.29, 0.717) is 22.8 Å². The molecule has 0 spiro atoms. The van der Waals surface area contributed by atoms with E-state index >= 15 is 0 Å². The third-order valence-electron chi connectivity index (χ3n) is 5.19. The van der Waals surface area contributed by atoms with Crippen molar-refractivity contribution in [3.05, 3.63) is 76.9 Å². The summed E-state index contributed by atoms with van der Waals surface area (Å²) in [6.45, 7) is 1.35. The lowest BCUT2D eigenvalue weighted by molar-refractivity contribution is -0.118. The van der Waals surface area contributed by atoms with Crippen LogP contribution in [0.3, 0.4) is 0 Å². The second-order valence-electron chi connectivity index (χ2n) is 7.46. The number of hydrogen-bond acceptors (Lipinski definition) is 5. The Morgan fingerprint density at radius 2 is 2.09 bits per heavy atom. The number of carbonyl (C=O) groups excluding carboxylic acids is 1. The lowest BCUT2D eigenvalue weighted by atomic mass is 10.1. The van der Waals surface area contributed by atoms with Gasteiger partial charge in [-0.05, 0) is 36.8 Å². The van der Waals surface area contributed by atoms with E-state index in [1.54, 1.807) is 12.5 Å². The number of ether oxygens (including phenoxy) is 1. The minimum atomic E-state index is -0.719. The highest BCUT2D eigenvalue weighted by Crippen LogP contribution is 2.33. The van der Waals surface area contributed by atoms with Crippen molar-refractivity contribution in [3.63, 3.8) is 0 Å². The van der Waals surface area contributed by atoms with Crippen LogP contribution in [0.1, 0.15) is 6.42 Å². The molecule has 0 fully saturated rings. The van der Waals surface area contributed by atoms with E-state index in [9.17, 15) is 13.6 Å². The number of nitrogens with zero attached hydrogens (tertiary/aromatic N) is 4. The molecule has 0 saturated carbocycles. The Morgan fingerprint density at radius 3 is 2.91 bits per heavy atom. The fraction of sp³-hybridized carbons (Fsp3) is 0.174. The third-order valence-corrected chi connectivity index (χ3v) is 6.05. The number of hydrogen-bond donors (Lipinski definition) is 1. The summed E-state index contributed by atoms with van der Waals surface area (Å²) in [5.41, 5.74) is 2.40. The number of aryl methyl sites for hydroxylation is 1. The van der Waals surface area contributed by atoms with Gasteiger partial charge in [-0.3, -0.25) is 4.79 Å². The zero-order valence-corrected chi connectivity index (χ0v) is 18.2. The van der Waals surface area contributed by atoms with Gasteiger partial charge in [-0.25, -0.2) is 18.8 Å². The predicted octanol–water partition coefficient (Wildman–Crippen LogP) is 4.34. The normalized spacial score (nSPS) is 13.5. The van der Waals surface area contributed by atoms with Crippen molar-refractivity contribution in [2.24, 2.45) is 4.99 Å². The summed E-state index contributed by atoms with van der Waals surface area (Å²) in [4.78, 5) is 20.8. The molecule has 1 aliphatic rings. The summed E-state index contributed by atoms with van der Waals surface area (Å²) in [5, 5.41) is 4.76. The Bertz CT molecular complexity index is 1380. The van der Waals surface area contributed by atoms with E-state index in [1.165, 1.54) is 23.5 Å². The quantitative estimate of drug-likeness (QED) is 0.458. The maximum absolute atomic E-state index is 14.3. The molecule has 10 heteroatoms. The second-order valence-corrected chi connectivity index (χ2v) is 8.30. The summed E-state index contributed by atoms with van der Waals surface area (Å²) < 4.78 is 37.0. The van der Waals surface area contributed by atoms with E-state index < -0.39 is 11.6 Å². The molecule has 2 aromatic heterocycles. The zero-order valence-electron chi connectivity index (χ0n) is 17.4. The van der Waals surface area contributed by atoms with E-state index in [0.717, 1.165) is 30.3 Å². The first kappa shape index (κ1) is 21.1. The molecule has 0 saturated heterocycles. The number of benzene rings is 2. The third kappa shape index (κ3) is 4.56. The lowest BCUT2D eigenvalue weighted by Crippen LogP contribution is -2.25. The molecule has 0 bridgehead atoms. The monoisotopic (exact) mass is 467 g/mol. The molecule has 0 atom stereocenters. The summed E-state index contributed by atoms with van der Waals surface area (Å²) in [7, 11) is 0. The van der Waals surface area contributed by atoms with Gasteiger partial charge in [0, 0.05) is 42.5 Å². The number of fused-ring (bicyclic) bond motifs is 1. The maximum atomic E-state index is 14.3. The number of carbonyl (C=O) groups is 1. The molecular weight excluding hydrogens is 448 g/mol. The minimum absolute atomic E-state index is 0.00862. The highest BCUT2D eigenvalue weighted by atomic mass is 32.1. The summed E-state index contributed by atoms with van der Waals surface area (Å²) >= 11 is 1.36. The maximum Gasteiger partial charge on any atom is 0.262 e. The van der Waals surface area contributed by atoms with Crippen LogP contribution in [0.15, 0.2) is 65.5 Å². The van der Waals surface area contributed by atoms with Gasteiger partial charge in [0.25, 0.3) is 5.91 Å². The molecule has 3 heterocycles. The largest absolute Gasteiger partial charge is 0.482 e. The molecule has 33 heavy (non-hydrogen) atoms. The second kappa shape index (κ2) is 8.99. The van der Waals surface area contributed by atoms with Crippen LogP contribution in [0.5, 0.6) is 5.75 Å². The Labute approximate surface area is 191 Å². The number of anilines is 1. The van der Waals surface area contributed by atoms with Crippen LogP contribution >= 0.6 is 11.3 Å². The smallest absolute Gasteiger partial charge is 0.262 e. The minimum Gasteiger partial charge on any atom is -0.482 e. The highest BCUT2D eigenvalue weighted by Gasteiger charge is 2.18. The van der Waals surface area contributed by atoms with Gasteiger partial charge in [0.1, 0.15) is 17.3 Å². The van der Waals surface area contributed by atoms with E-state index in [2.05, 4.69) is 15.3 Å². The first-order chi connectivity index (χ1) is 16.1. The molecule has 0 aliphatic carbocycles. The molecule has 1 aliphatic heterocycles. The molecule has 0 unspecified atom stereocenters. The molecule has 1 N–H and O–H groups in total. The molecule has 1 amide bonds. The van der Waals surface area contributed by atoms with E-state index in [-0.39, 0.29) is 18.2 Å². The predicted molar refractivity (Wildman–Crippen MR) is 120 cm³/mol. The first-order valence-corrected chi connectivity index (χ1v) is 11.2. The van der Waals surface area contributed by atoms with Crippen molar-refractivity contribution >= 4 is 28.6 Å². The molecule has 168 valence electrons. The molecule has 0 radical (unpaired) electrons. The standard InChI is InChI=1S/C23H19F2N5O2S/c24-16-3-4-18(17(25)11-16)28-23-30(8-1-7-29-9-6-26-14-29)20(13-33-23)15-2-5-21-19(10-15)27-22(31)12-32-21/h2-6,9-11,13-14H,1,7-8,12H2,(H,27,31). The summed E-state index contributed by atoms with van der Waals surface area (Å²) in [6, 6.07) is 8.91. The van der Waals surface area contributed by atoms with E-state index in [4.69, 9.17) is 4.74 Å². The zero-order chi connectivity index (χ0) is 22.8. The van der Waals surface area contributed by atoms with Gasteiger partial charge >= 0.3 is 0 Å². The topological polar surface area (TPSA) is 73.4 Å². The highest BCUT2D eigenvalue weighted by molar-refractivity contribution is 7.07. The van der Waals surface area contributed by atoms with Gasteiger partial charge in [0.2, 0.25) is 0 Å². The molecular formula is C23H19F2N5O2S. The van der Waals surface area contributed by atoms with Crippen LogP contribution < -0.4 is 14.9 Å². The van der Waals surface area contributed by atoms with Crippen molar-refractivity contribution in [2.45, 2.75) is 19.5 Å². The number of aromatic nitrogens is 3. The SMILES string of the molecule is O=C1COc2ccc(-c3csc(=Nc4ccc(F)cc4F)n3CCCn3ccnc3)cc2N1. The van der Waals surface area contributed by atoms with Crippen LogP contribution in [0.4, 0.5) is 20.2 Å². The van der Waals surface area contributed by atoms with Crippen molar-refractivity contribution in [2.75, 3.05) is 11.9 Å². The van der Waals surface area contributed by atoms with E-state index in [1.807, 2.05) is 38.9 Å². The van der Waals surface area contributed by atoms with Crippen molar-refractivity contribution in [1.29, 1.82) is 0 Å². The average Bonchev–Trinajstić information content (AvgIpc) is 3.45. The van der Waals surface area contributed by atoms with Crippen molar-refractivity contribution < 1.29 is 18.3 Å². The van der Waals surface area contributed by atoms with Crippen molar-refractivity contribution in [1.82, 2.24) is 14.1 Å². The van der Waals surface area contributed by atoms with Gasteiger partial charge in [-0.1, -0.05) is 0 Å². The van der Waals surface area contributed by atoms with Crippen LogP contribution in [-0.4, -0.2) is 26.6 Å². The Hall–Kier alpha value is -3.79. The first-order valence-electron chi connectivity index (χ1n) is 10.3. The van der Waals surface area contributed by atoms with Gasteiger partial charge in [0.05, 0.1) is 17.7 Å². The number of nitrogens with one attached hydrogen (secondary N) is 1. The number of rotatable bonds is 6. The molecule has 2 aromatic carbocycles. The van der Waals surface area contributed by atoms with Crippen LogP contribution in [0.25, 0.3) is 11.3 Å². The van der Waals surface area contributed by atoms with Gasteiger partial charge in [0.15, 0.2) is 17.2 Å². The summed E-state index contributed by atoms with van der Waals surface area (Å²) in [6.07, 6.45) is 6.16. The number of imidazole rings is 1. The Morgan fingerprint density at radius 1 is 1.18 bits per heavy atom.